The third kappa shape index (κ3) is 5.53. The lowest BCUT2D eigenvalue weighted by atomic mass is 10.0. The van der Waals surface area contributed by atoms with Crippen LogP contribution in [-0.4, -0.2) is 30.5 Å². The Bertz CT molecular complexity index is 878. The number of anilines is 1. The van der Waals surface area contributed by atoms with Gasteiger partial charge in [0.2, 0.25) is 0 Å². The Balaban J connectivity index is 1.91. The highest BCUT2D eigenvalue weighted by Gasteiger charge is 2.15. The lowest BCUT2D eigenvalue weighted by Crippen LogP contribution is -2.22. The van der Waals surface area contributed by atoms with Gasteiger partial charge in [-0.25, -0.2) is 0 Å². The molecule has 0 saturated carbocycles. The molecule has 0 aliphatic carbocycles. The second-order valence-corrected chi connectivity index (χ2v) is 5.95. The number of nitrogens with one attached hydrogen (secondary N) is 1. The van der Waals surface area contributed by atoms with E-state index in [9.17, 15) is 19.7 Å². The number of nitro benzene ring substituents is 1. The van der Waals surface area contributed by atoms with Gasteiger partial charge in [0, 0.05) is 6.07 Å². The molecule has 142 valence electrons. The van der Waals surface area contributed by atoms with E-state index in [0.29, 0.717) is 0 Å². The van der Waals surface area contributed by atoms with Crippen LogP contribution in [0, 0.1) is 24.0 Å². The fourth-order valence-corrected chi connectivity index (χ4v) is 2.36. The number of non-ortho nitro benzene ring substituents is 1. The van der Waals surface area contributed by atoms with Crippen LogP contribution in [0.1, 0.15) is 16.7 Å². The van der Waals surface area contributed by atoms with E-state index in [-0.39, 0.29) is 23.5 Å². The highest BCUT2D eigenvalue weighted by Crippen LogP contribution is 2.28. The maximum Gasteiger partial charge on any atom is 0.310 e. The Morgan fingerprint density at radius 1 is 1.11 bits per heavy atom. The smallest absolute Gasteiger partial charge is 0.310 e. The fourth-order valence-electron chi connectivity index (χ4n) is 2.36. The van der Waals surface area contributed by atoms with Gasteiger partial charge in [-0.15, -0.1) is 0 Å². The zero-order valence-corrected chi connectivity index (χ0v) is 15.3. The van der Waals surface area contributed by atoms with E-state index in [4.69, 9.17) is 9.47 Å². The second kappa shape index (κ2) is 8.79. The molecule has 0 fully saturated rings. The van der Waals surface area contributed by atoms with Gasteiger partial charge in [-0.1, -0.05) is 18.2 Å². The first-order valence-corrected chi connectivity index (χ1v) is 8.14. The molecule has 2 aromatic carbocycles. The van der Waals surface area contributed by atoms with Crippen LogP contribution in [0.15, 0.2) is 36.4 Å². The molecule has 0 saturated heterocycles. The molecular formula is C19H20N2O6. The van der Waals surface area contributed by atoms with Crippen LogP contribution in [-0.2, 0) is 20.7 Å². The van der Waals surface area contributed by atoms with Crippen molar-refractivity contribution in [2.24, 2.45) is 0 Å². The van der Waals surface area contributed by atoms with Crippen molar-refractivity contribution in [3.8, 4) is 5.75 Å². The quantitative estimate of drug-likeness (QED) is 0.455. The van der Waals surface area contributed by atoms with Gasteiger partial charge < -0.3 is 14.8 Å². The van der Waals surface area contributed by atoms with E-state index in [2.05, 4.69) is 5.32 Å². The summed E-state index contributed by atoms with van der Waals surface area (Å²) in [7, 11) is 1.33. The van der Waals surface area contributed by atoms with Crippen LogP contribution in [0.5, 0.6) is 5.75 Å². The molecule has 27 heavy (non-hydrogen) atoms. The Morgan fingerprint density at radius 2 is 1.85 bits per heavy atom. The summed E-state index contributed by atoms with van der Waals surface area (Å²) >= 11 is 0. The Hall–Kier alpha value is -3.42. The van der Waals surface area contributed by atoms with Crippen LogP contribution in [0.3, 0.4) is 0 Å². The number of benzene rings is 2. The molecule has 0 bridgehead atoms. The van der Waals surface area contributed by atoms with Crippen molar-refractivity contribution in [1.82, 2.24) is 0 Å². The number of carbonyl (C=O) groups is 2. The molecule has 0 aromatic heterocycles. The maximum absolute atomic E-state index is 12.0. The van der Waals surface area contributed by atoms with Gasteiger partial charge >= 0.3 is 5.97 Å². The number of nitrogens with zero attached hydrogens (tertiary/aromatic N) is 1. The second-order valence-electron chi connectivity index (χ2n) is 5.95. The molecule has 0 heterocycles. The number of aryl methyl sites for hydroxylation is 2. The SMILES string of the molecule is COc1cc([N+](=O)[O-])ccc1NC(=O)COC(=O)Cc1ccc(C)c(C)c1. The number of hydrogen-bond acceptors (Lipinski definition) is 6. The zero-order valence-electron chi connectivity index (χ0n) is 15.3. The van der Waals surface area contributed by atoms with E-state index >= 15 is 0 Å². The van der Waals surface area contributed by atoms with Crippen LogP contribution in [0.25, 0.3) is 0 Å². The number of carbonyl (C=O) groups excluding carboxylic acids is 2. The molecule has 8 nitrogen and oxygen atoms in total. The molecule has 2 aromatic rings. The van der Waals surface area contributed by atoms with Crippen molar-refractivity contribution in [1.29, 1.82) is 0 Å². The summed E-state index contributed by atoms with van der Waals surface area (Å²) < 4.78 is 10.0. The minimum absolute atomic E-state index is 0.0647. The van der Waals surface area contributed by atoms with Gasteiger partial charge in [-0.2, -0.15) is 0 Å². The predicted octanol–water partition coefficient (Wildman–Crippen LogP) is 2.94. The van der Waals surface area contributed by atoms with Gasteiger partial charge in [0.15, 0.2) is 6.61 Å². The number of rotatable bonds is 7. The summed E-state index contributed by atoms with van der Waals surface area (Å²) in [5, 5.41) is 13.3. The Labute approximate surface area is 156 Å². The minimum atomic E-state index is -0.574. The van der Waals surface area contributed by atoms with Crippen molar-refractivity contribution in [3.63, 3.8) is 0 Å². The Kier molecular flexibility index (Phi) is 6.48. The number of esters is 1. The average molecular weight is 372 g/mol. The fraction of sp³-hybridized carbons (Fsp3) is 0.263. The van der Waals surface area contributed by atoms with Gasteiger partial charge in [0.1, 0.15) is 5.75 Å². The first-order valence-electron chi connectivity index (χ1n) is 8.14. The van der Waals surface area contributed by atoms with E-state index in [1.54, 1.807) is 0 Å². The summed E-state index contributed by atoms with van der Waals surface area (Å²) in [6.07, 6.45) is 0.0647. The molecule has 0 radical (unpaired) electrons. The molecule has 0 spiro atoms. The summed E-state index contributed by atoms with van der Waals surface area (Å²) in [4.78, 5) is 34.1. The third-order valence-corrected chi connectivity index (χ3v) is 3.95. The molecular weight excluding hydrogens is 352 g/mol. The van der Waals surface area contributed by atoms with Crippen molar-refractivity contribution in [2.75, 3.05) is 19.0 Å². The lowest BCUT2D eigenvalue weighted by molar-refractivity contribution is -0.384. The molecule has 0 unspecified atom stereocenters. The topological polar surface area (TPSA) is 108 Å². The van der Waals surface area contributed by atoms with Crippen LogP contribution >= 0.6 is 0 Å². The van der Waals surface area contributed by atoms with Gasteiger partial charge in [-0.05, 0) is 36.6 Å². The summed E-state index contributed by atoms with van der Waals surface area (Å²) in [5.74, 6) is -0.960. The molecule has 0 aliphatic heterocycles. The van der Waals surface area contributed by atoms with Gasteiger partial charge in [-0.3, -0.25) is 19.7 Å². The average Bonchev–Trinajstić information content (AvgIpc) is 2.63. The normalized spacial score (nSPS) is 10.2. The van der Waals surface area contributed by atoms with Crippen molar-refractivity contribution in [2.45, 2.75) is 20.3 Å². The Morgan fingerprint density at radius 3 is 2.48 bits per heavy atom. The number of amides is 1. The third-order valence-electron chi connectivity index (χ3n) is 3.95. The van der Waals surface area contributed by atoms with Crippen LogP contribution < -0.4 is 10.1 Å². The molecule has 0 aliphatic rings. The van der Waals surface area contributed by atoms with Crippen molar-refractivity contribution in [3.05, 3.63) is 63.2 Å². The predicted molar refractivity (Wildman–Crippen MR) is 98.9 cm³/mol. The summed E-state index contributed by atoms with van der Waals surface area (Å²) in [5.41, 5.74) is 3.09. The number of nitro groups is 1. The molecule has 2 rings (SSSR count). The molecule has 1 amide bonds. The largest absolute Gasteiger partial charge is 0.494 e. The van der Waals surface area contributed by atoms with Gasteiger partial charge in [0.05, 0.1) is 30.2 Å². The lowest BCUT2D eigenvalue weighted by Gasteiger charge is -2.10. The number of ether oxygens (including phenoxy) is 2. The standard InChI is InChI=1S/C19H20N2O6/c1-12-4-5-14(8-13(12)2)9-19(23)27-11-18(22)20-16-7-6-15(21(24)25)10-17(16)26-3/h4-8,10H,9,11H2,1-3H3,(H,20,22). The maximum atomic E-state index is 12.0. The van der Waals surface area contributed by atoms with E-state index in [1.165, 1.54) is 25.3 Å². The molecule has 0 atom stereocenters. The van der Waals surface area contributed by atoms with Gasteiger partial charge in [0.25, 0.3) is 11.6 Å². The first kappa shape index (κ1) is 19.9. The zero-order chi connectivity index (χ0) is 20.0. The molecule has 1 N–H and O–H groups in total. The number of hydrogen-bond donors (Lipinski definition) is 1. The van der Waals surface area contributed by atoms with Crippen molar-refractivity contribution >= 4 is 23.3 Å². The number of methoxy groups -OCH3 is 1. The first-order chi connectivity index (χ1) is 12.8. The summed E-state index contributed by atoms with van der Waals surface area (Å²) in [6, 6.07) is 9.45. The summed E-state index contributed by atoms with van der Waals surface area (Å²) in [6.45, 7) is 3.47. The molecule has 8 heteroatoms. The van der Waals surface area contributed by atoms with Crippen LogP contribution in [0.4, 0.5) is 11.4 Å². The van der Waals surface area contributed by atoms with E-state index in [1.807, 2.05) is 32.0 Å². The van der Waals surface area contributed by atoms with E-state index in [0.717, 1.165) is 16.7 Å². The monoisotopic (exact) mass is 372 g/mol. The van der Waals surface area contributed by atoms with E-state index < -0.39 is 23.4 Å². The van der Waals surface area contributed by atoms with Crippen molar-refractivity contribution < 1.29 is 24.0 Å². The van der Waals surface area contributed by atoms with Crippen LogP contribution in [0.2, 0.25) is 0 Å². The minimum Gasteiger partial charge on any atom is -0.494 e. The highest BCUT2D eigenvalue weighted by molar-refractivity contribution is 5.94. The highest BCUT2D eigenvalue weighted by atomic mass is 16.6.